The minimum Gasteiger partial charge on any atom is -0.490 e. The molecule has 2 aromatic carbocycles. The van der Waals surface area contributed by atoms with Crippen LogP contribution in [0.2, 0.25) is 0 Å². The van der Waals surface area contributed by atoms with Crippen molar-refractivity contribution >= 4 is 15.9 Å². The van der Waals surface area contributed by atoms with Gasteiger partial charge in [0.15, 0.2) is 11.5 Å². The summed E-state index contributed by atoms with van der Waals surface area (Å²) in [6.45, 7) is 7.18. The molecule has 0 fully saturated rings. The molecule has 0 aromatic heterocycles. The number of nitrogens with one attached hydrogen (secondary N) is 1. The Bertz CT molecular complexity index is 617. The average molecular weight is 392 g/mol. The first-order chi connectivity index (χ1) is 11.7. The smallest absolute Gasteiger partial charge is 0.162 e. The summed E-state index contributed by atoms with van der Waals surface area (Å²) in [6, 6.07) is 14.2. The van der Waals surface area contributed by atoms with Gasteiger partial charge in [0.1, 0.15) is 6.61 Å². The molecule has 0 radical (unpaired) electrons. The molecule has 0 aliphatic rings. The van der Waals surface area contributed by atoms with Crippen LogP contribution in [-0.2, 0) is 13.2 Å². The summed E-state index contributed by atoms with van der Waals surface area (Å²) in [5.74, 6) is 1.56. The Hall–Kier alpha value is -1.52. The Morgan fingerprint density at radius 2 is 1.75 bits per heavy atom. The summed E-state index contributed by atoms with van der Waals surface area (Å²) in [4.78, 5) is 0. The zero-order valence-electron chi connectivity index (χ0n) is 14.5. The number of benzene rings is 2. The zero-order chi connectivity index (χ0) is 17.2. The number of ether oxygens (including phenoxy) is 2. The van der Waals surface area contributed by atoms with E-state index >= 15 is 0 Å². The van der Waals surface area contributed by atoms with Gasteiger partial charge in [-0.05, 0) is 43.1 Å². The maximum absolute atomic E-state index is 5.98. The molecule has 2 rings (SSSR count). The van der Waals surface area contributed by atoms with Crippen LogP contribution in [0.1, 0.15) is 37.8 Å². The topological polar surface area (TPSA) is 30.5 Å². The Labute approximate surface area is 153 Å². The zero-order valence-corrected chi connectivity index (χ0v) is 16.1. The van der Waals surface area contributed by atoms with Crippen LogP contribution in [0.4, 0.5) is 0 Å². The normalized spacial score (nSPS) is 10.6. The Balaban J connectivity index is 2.07. The third-order valence-corrected chi connectivity index (χ3v) is 4.41. The predicted octanol–water partition coefficient (Wildman–Crippen LogP) is 5.32. The molecule has 0 amide bonds. The first-order valence-electron chi connectivity index (χ1n) is 8.57. The lowest BCUT2D eigenvalue weighted by Gasteiger charge is -2.15. The molecule has 3 nitrogen and oxygen atoms in total. The van der Waals surface area contributed by atoms with Crippen molar-refractivity contribution in [1.29, 1.82) is 0 Å². The van der Waals surface area contributed by atoms with E-state index in [-0.39, 0.29) is 0 Å². The largest absolute Gasteiger partial charge is 0.490 e. The Morgan fingerprint density at radius 1 is 1.00 bits per heavy atom. The van der Waals surface area contributed by atoms with Gasteiger partial charge in [-0.3, -0.25) is 0 Å². The summed E-state index contributed by atoms with van der Waals surface area (Å²) in [5.41, 5.74) is 2.32. The monoisotopic (exact) mass is 391 g/mol. The molecule has 0 atom stereocenters. The number of hydrogen-bond donors (Lipinski definition) is 1. The molecule has 24 heavy (non-hydrogen) atoms. The lowest BCUT2D eigenvalue weighted by molar-refractivity contribution is 0.269. The highest BCUT2D eigenvalue weighted by atomic mass is 79.9. The Morgan fingerprint density at radius 3 is 2.46 bits per heavy atom. The standard InChI is InChI=1S/C20H26BrNO2/c1-3-5-11-22-14-17-12-19(23-4-2)20(13-18(17)21)24-15-16-9-7-6-8-10-16/h6-10,12-13,22H,3-5,11,14-15H2,1-2H3. The van der Waals surface area contributed by atoms with Gasteiger partial charge < -0.3 is 14.8 Å². The van der Waals surface area contributed by atoms with Crippen LogP contribution in [0.3, 0.4) is 0 Å². The number of unbranched alkanes of at least 4 members (excludes halogenated alkanes) is 1. The van der Waals surface area contributed by atoms with Gasteiger partial charge in [-0.15, -0.1) is 0 Å². The fraction of sp³-hybridized carbons (Fsp3) is 0.400. The van der Waals surface area contributed by atoms with Crippen molar-refractivity contribution in [2.24, 2.45) is 0 Å². The van der Waals surface area contributed by atoms with Crippen LogP contribution in [0.15, 0.2) is 46.9 Å². The SMILES string of the molecule is CCCCNCc1cc(OCC)c(OCc2ccccc2)cc1Br. The van der Waals surface area contributed by atoms with Crippen molar-refractivity contribution < 1.29 is 9.47 Å². The summed E-state index contributed by atoms with van der Waals surface area (Å²) in [5, 5.41) is 3.46. The van der Waals surface area contributed by atoms with E-state index < -0.39 is 0 Å². The highest BCUT2D eigenvalue weighted by Gasteiger charge is 2.11. The van der Waals surface area contributed by atoms with Gasteiger partial charge in [-0.1, -0.05) is 59.6 Å². The van der Waals surface area contributed by atoms with Crippen molar-refractivity contribution in [3.05, 3.63) is 58.1 Å². The third-order valence-electron chi connectivity index (χ3n) is 3.67. The molecule has 0 spiro atoms. The molecule has 0 saturated carbocycles. The predicted molar refractivity (Wildman–Crippen MR) is 103 cm³/mol. The molecule has 4 heteroatoms. The van der Waals surface area contributed by atoms with Crippen LogP contribution >= 0.6 is 15.9 Å². The van der Waals surface area contributed by atoms with Crippen molar-refractivity contribution in [3.63, 3.8) is 0 Å². The molecule has 130 valence electrons. The van der Waals surface area contributed by atoms with E-state index in [0.717, 1.165) is 34.6 Å². The van der Waals surface area contributed by atoms with Crippen LogP contribution in [-0.4, -0.2) is 13.2 Å². The molecule has 2 aromatic rings. The maximum atomic E-state index is 5.98. The lowest BCUT2D eigenvalue weighted by Crippen LogP contribution is -2.15. The summed E-state index contributed by atoms with van der Waals surface area (Å²) in [6.07, 6.45) is 2.39. The second kappa shape index (κ2) is 10.4. The van der Waals surface area contributed by atoms with Gasteiger partial charge in [-0.25, -0.2) is 0 Å². The first kappa shape index (κ1) is 18.8. The van der Waals surface area contributed by atoms with Gasteiger partial charge in [0.05, 0.1) is 6.61 Å². The molecule has 0 aliphatic carbocycles. The van der Waals surface area contributed by atoms with E-state index in [1.165, 1.54) is 18.4 Å². The van der Waals surface area contributed by atoms with Crippen LogP contribution in [0.5, 0.6) is 11.5 Å². The van der Waals surface area contributed by atoms with Crippen LogP contribution in [0.25, 0.3) is 0 Å². The van der Waals surface area contributed by atoms with E-state index in [9.17, 15) is 0 Å². The fourth-order valence-electron chi connectivity index (χ4n) is 2.35. The third kappa shape index (κ3) is 5.84. The minimum absolute atomic E-state index is 0.529. The van der Waals surface area contributed by atoms with E-state index in [1.54, 1.807) is 0 Å². The number of hydrogen-bond acceptors (Lipinski definition) is 3. The highest BCUT2D eigenvalue weighted by Crippen LogP contribution is 2.34. The van der Waals surface area contributed by atoms with Gasteiger partial charge >= 0.3 is 0 Å². The van der Waals surface area contributed by atoms with Crippen molar-refractivity contribution in [2.75, 3.05) is 13.2 Å². The summed E-state index contributed by atoms with van der Waals surface area (Å²) >= 11 is 3.65. The van der Waals surface area contributed by atoms with Crippen molar-refractivity contribution in [1.82, 2.24) is 5.32 Å². The summed E-state index contributed by atoms with van der Waals surface area (Å²) in [7, 11) is 0. The molecule has 1 N–H and O–H groups in total. The molecular weight excluding hydrogens is 366 g/mol. The first-order valence-corrected chi connectivity index (χ1v) is 9.36. The molecule has 0 unspecified atom stereocenters. The van der Waals surface area contributed by atoms with Crippen LogP contribution < -0.4 is 14.8 Å². The van der Waals surface area contributed by atoms with Gasteiger partial charge in [0, 0.05) is 11.0 Å². The maximum Gasteiger partial charge on any atom is 0.162 e. The number of rotatable bonds is 10. The van der Waals surface area contributed by atoms with Gasteiger partial charge in [0.25, 0.3) is 0 Å². The second-order valence-electron chi connectivity index (χ2n) is 5.63. The lowest BCUT2D eigenvalue weighted by atomic mass is 10.2. The molecule has 0 aliphatic heterocycles. The minimum atomic E-state index is 0.529. The van der Waals surface area contributed by atoms with E-state index in [2.05, 4.69) is 46.4 Å². The quantitative estimate of drug-likeness (QED) is 0.556. The molecule has 0 saturated heterocycles. The van der Waals surface area contributed by atoms with E-state index in [1.807, 2.05) is 31.2 Å². The molecular formula is C20H26BrNO2. The van der Waals surface area contributed by atoms with Gasteiger partial charge in [0.2, 0.25) is 0 Å². The number of halogens is 1. The van der Waals surface area contributed by atoms with Crippen molar-refractivity contribution in [3.8, 4) is 11.5 Å². The molecule has 0 heterocycles. The molecule has 0 bridgehead atoms. The second-order valence-corrected chi connectivity index (χ2v) is 6.48. The average Bonchev–Trinajstić information content (AvgIpc) is 2.60. The van der Waals surface area contributed by atoms with E-state index in [4.69, 9.17) is 9.47 Å². The summed E-state index contributed by atoms with van der Waals surface area (Å²) < 4.78 is 12.8. The highest BCUT2D eigenvalue weighted by molar-refractivity contribution is 9.10. The van der Waals surface area contributed by atoms with Crippen molar-refractivity contribution in [2.45, 2.75) is 39.8 Å². The van der Waals surface area contributed by atoms with E-state index in [0.29, 0.717) is 13.2 Å². The Kier molecular flexibility index (Phi) is 8.13. The fourth-order valence-corrected chi connectivity index (χ4v) is 2.82. The van der Waals surface area contributed by atoms with Gasteiger partial charge in [-0.2, -0.15) is 0 Å². The van der Waals surface area contributed by atoms with Crippen LogP contribution in [0, 0.1) is 0 Å².